The van der Waals surface area contributed by atoms with Crippen LogP contribution in [0, 0.1) is 11.3 Å². The van der Waals surface area contributed by atoms with Crippen LogP contribution in [0.1, 0.15) is 44.7 Å². The summed E-state index contributed by atoms with van der Waals surface area (Å²) in [6.07, 6.45) is 3.27. The predicted octanol–water partition coefficient (Wildman–Crippen LogP) is 3.00. The first-order valence-electron chi connectivity index (χ1n) is 6.82. The van der Waals surface area contributed by atoms with Gasteiger partial charge in [0.25, 0.3) is 0 Å². The van der Waals surface area contributed by atoms with E-state index >= 15 is 0 Å². The second-order valence-electron chi connectivity index (χ2n) is 6.47. The van der Waals surface area contributed by atoms with E-state index in [1.807, 2.05) is 0 Å². The molecule has 6 heteroatoms. The first-order valence-corrected chi connectivity index (χ1v) is 7.64. The Kier molecular flexibility index (Phi) is 5.58. The molecule has 2 rings (SSSR count). The lowest BCUT2D eigenvalue weighted by atomic mass is 9.73. The lowest BCUT2D eigenvalue weighted by Crippen LogP contribution is -2.32. The first-order chi connectivity index (χ1) is 8.77. The fraction of sp³-hybridized carbons (Fsp3) is 0.714. The van der Waals surface area contributed by atoms with Crippen LogP contribution in [0.5, 0.6) is 0 Å². The molecule has 2 atom stereocenters. The summed E-state index contributed by atoms with van der Waals surface area (Å²) >= 11 is 1.60. The highest BCUT2D eigenvalue weighted by Crippen LogP contribution is 2.39. The monoisotopic (exact) mass is 317 g/mol. The fourth-order valence-electron chi connectivity index (χ4n) is 2.39. The number of nitrogens with zero attached hydrogens (tertiary/aromatic N) is 1. The minimum Gasteiger partial charge on any atom is -0.320 e. The number of amides is 1. The standard InChI is InChI=1S/C14H23N3OS.ClH/c1-8(15)12(18)17-13-16-10-6-5-9(14(2,3)4)7-11(10)19-13;/h8-9H,5-7,15H2,1-4H3,(H,16,17,18);1H. The maximum Gasteiger partial charge on any atom is 0.242 e. The number of aryl methyl sites for hydroxylation is 1. The van der Waals surface area contributed by atoms with Crippen molar-refractivity contribution in [3.63, 3.8) is 0 Å². The number of anilines is 1. The second kappa shape index (κ2) is 6.41. The largest absolute Gasteiger partial charge is 0.320 e. The number of rotatable bonds is 2. The highest BCUT2D eigenvalue weighted by Gasteiger charge is 2.30. The molecular formula is C14H24ClN3OS. The third-order valence-electron chi connectivity index (χ3n) is 3.81. The quantitative estimate of drug-likeness (QED) is 0.881. The molecule has 0 aromatic carbocycles. The molecular weight excluding hydrogens is 294 g/mol. The van der Waals surface area contributed by atoms with Crippen molar-refractivity contribution in [2.24, 2.45) is 17.1 Å². The SMILES string of the molecule is CC(N)C(=O)Nc1nc2c(s1)CC(C(C)(C)C)CC2.Cl. The smallest absolute Gasteiger partial charge is 0.242 e. The average Bonchev–Trinajstić information content (AvgIpc) is 2.68. The molecule has 0 fully saturated rings. The van der Waals surface area contributed by atoms with E-state index in [-0.39, 0.29) is 18.3 Å². The van der Waals surface area contributed by atoms with Crippen molar-refractivity contribution in [2.45, 2.75) is 53.0 Å². The van der Waals surface area contributed by atoms with Gasteiger partial charge in [0.05, 0.1) is 11.7 Å². The van der Waals surface area contributed by atoms with Crippen molar-refractivity contribution < 1.29 is 4.79 Å². The number of aromatic nitrogens is 1. The number of hydrogen-bond donors (Lipinski definition) is 2. The molecule has 1 aliphatic rings. The molecule has 1 aromatic rings. The summed E-state index contributed by atoms with van der Waals surface area (Å²) in [5.74, 6) is 0.524. The highest BCUT2D eigenvalue weighted by atomic mass is 35.5. The van der Waals surface area contributed by atoms with Gasteiger partial charge >= 0.3 is 0 Å². The fourth-order valence-corrected chi connectivity index (χ4v) is 3.48. The molecule has 114 valence electrons. The zero-order chi connectivity index (χ0) is 14.2. The van der Waals surface area contributed by atoms with Crippen molar-refractivity contribution in [3.8, 4) is 0 Å². The van der Waals surface area contributed by atoms with E-state index < -0.39 is 6.04 Å². The van der Waals surface area contributed by atoms with Crippen LogP contribution in [0.15, 0.2) is 0 Å². The van der Waals surface area contributed by atoms with Crippen molar-refractivity contribution in [1.82, 2.24) is 4.98 Å². The van der Waals surface area contributed by atoms with Crippen molar-refractivity contribution >= 4 is 34.8 Å². The zero-order valence-corrected chi connectivity index (χ0v) is 14.2. The molecule has 3 N–H and O–H groups in total. The molecule has 0 bridgehead atoms. The Morgan fingerprint density at radius 1 is 1.50 bits per heavy atom. The van der Waals surface area contributed by atoms with E-state index in [2.05, 4.69) is 31.1 Å². The Hall–Kier alpha value is -0.650. The van der Waals surface area contributed by atoms with Crippen LogP contribution in [0.4, 0.5) is 5.13 Å². The van der Waals surface area contributed by atoms with Gasteiger partial charge in [-0.2, -0.15) is 0 Å². The van der Waals surface area contributed by atoms with E-state index in [0.29, 0.717) is 16.5 Å². The minimum absolute atomic E-state index is 0. The van der Waals surface area contributed by atoms with Crippen molar-refractivity contribution in [1.29, 1.82) is 0 Å². The van der Waals surface area contributed by atoms with E-state index in [1.165, 1.54) is 11.3 Å². The molecule has 20 heavy (non-hydrogen) atoms. The first kappa shape index (κ1) is 17.4. The Balaban J connectivity index is 0.00000200. The summed E-state index contributed by atoms with van der Waals surface area (Å²) < 4.78 is 0. The van der Waals surface area contributed by atoms with Crippen LogP contribution in [-0.2, 0) is 17.6 Å². The molecule has 0 radical (unpaired) electrons. The average molecular weight is 318 g/mol. The van der Waals surface area contributed by atoms with E-state index in [0.717, 1.165) is 18.5 Å². The van der Waals surface area contributed by atoms with Crippen LogP contribution in [0.25, 0.3) is 0 Å². The van der Waals surface area contributed by atoms with E-state index in [4.69, 9.17) is 5.73 Å². The summed E-state index contributed by atoms with van der Waals surface area (Å²) in [6, 6.07) is -0.497. The molecule has 0 saturated heterocycles. The van der Waals surface area contributed by atoms with Crippen molar-refractivity contribution in [2.75, 3.05) is 5.32 Å². The third kappa shape index (κ3) is 3.93. The van der Waals surface area contributed by atoms with Gasteiger partial charge in [0, 0.05) is 4.88 Å². The van der Waals surface area contributed by atoms with Crippen molar-refractivity contribution in [3.05, 3.63) is 10.6 Å². The summed E-state index contributed by atoms with van der Waals surface area (Å²) in [6.45, 7) is 8.56. The predicted molar refractivity (Wildman–Crippen MR) is 86.6 cm³/mol. The van der Waals surface area contributed by atoms with Crippen LogP contribution in [0.2, 0.25) is 0 Å². The summed E-state index contributed by atoms with van der Waals surface area (Å²) in [5, 5.41) is 3.49. The number of carbonyl (C=O) groups excluding carboxylic acids is 1. The Bertz CT molecular complexity index is 479. The summed E-state index contributed by atoms with van der Waals surface area (Å²) in [4.78, 5) is 17.4. The molecule has 0 aliphatic heterocycles. The van der Waals surface area contributed by atoms with Gasteiger partial charge in [-0.05, 0) is 37.5 Å². The zero-order valence-electron chi connectivity index (χ0n) is 12.5. The molecule has 4 nitrogen and oxygen atoms in total. The third-order valence-corrected chi connectivity index (χ3v) is 4.84. The second-order valence-corrected chi connectivity index (χ2v) is 7.56. The normalized spacial score (nSPS) is 19.8. The topological polar surface area (TPSA) is 68.0 Å². The Morgan fingerprint density at radius 2 is 2.15 bits per heavy atom. The number of thiazole rings is 1. The molecule has 2 unspecified atom stereocenters. The summed E-state index contributed by atoms with van der Waals surface area (Å²) in [5.41, 5.74) is 7.04. The lowest BCUT2D eigenvalue weighted by Gasteiger charge is -2.33. The Labute approximate surface area is 131 Å². The van der Waals surface area contributed by atoms with Gasteiger partial charge in [-0.1, -0.05) is 20.8 Å². The van der Waals surface area contributed by atoms with Gasteiger partial charge < -0.3 is 11.1 Å². The van der Waals surface area contributed by atoms with Crippen LogP contribution in [-0.4, -0.2) is 16.9 Å². The molecule has 1 aromatic heterocycles. The number of halogens is 1. The van der Waals surface area contributed by atoms with Crippen LogP contribution in [0.3, 0.4) is 0 Å². The number of nitrogens with two attached hydrogens (primary N) is 1. The van der Waals surface area contributed by atoms with Gasteiger partial charge in [-0.25, -0.2) is 4.98 Å². The number of nitrogens with one attached hydrogen (secondary N) is 1. The van der Waals surface area contributed by atoms with Gasteiger partial charge in [0.1, 0.15) is 0 Å². The summed E-state index contributed by atoms with van der Waals surface area (Å²) in [7, 11) is 0. The maximum atomic E-state index is 11.6. The number of fused-ring (bicyclic) bond motifs is 1. The minimum atomic E-state index is -0.497. The number of hydrogen-bond acceptors (Lipinski definition) is 4. The van der Waals surface area contributed by atoms with Crippen LogP contribution < -0.4 is 11.1 Å². The van der Waals surface area contributed by atoms with Gasteiger partial charge in [-0.3, -0.25) is 4.79 Å². The Morgan fingerprint density at radius 3 is 2.70 bits per heavy atom. The molecule has 1 aliphatic carbocycles. The maximum absolute atomic E-state index is 11.6. The molecule has 1 heterocycles. The molecule has 1 amide bonds. The highest BCUT2D eigenvalue weighted by molar-refractivity contribution is 7.15. The molecule has 0 spiro atoms. The molecule has 0 saturated carbocycles. The van der Waals surface area contributed by atoms with E-state index in [1.54, 1.807) is 18.3 Å². The van der Waals surface area contributed by atoms with Crippen LogP contribution >= 0.6 is 23.7 Å². The lowest BCUT2D eigenvalue weighted by molar-refractivity contribution is -0.117. The number of carbonyl (C=O) groups is 1. The van der Waals surface area contributed by atoms with E-state index in [9.17, 15) is 4.79 Å². The van der Waals surface area contributed by atoms with Gasteiger partial charge in [0.2, 0.25) is 5.91 Å². The van der Waals surface area contributed by atoms with Gasteiger partial charge in [-0.15, -0.1) is 23.7 Å². The van der Waals surface area contributed by atoms with Gasteiger partial charge in [0.15, 0.2) is 5.13 Å².